The van der Waals surface area contributed by atoms with Crippen LogP contribution in [0.3, 0.4) is 0 Å². The van der Waals surface area contributed by atoms with Gasteiger partial charge in [-0.3, -0.25) is 0 Å². The van der Waals surface area contributed by atoms with Crippen LogP contribution in [0.5, 0.6) is 0 Å². The molecule has 1 heterocycles. The quantitative estimate of drug-likeness (QED) is 0.621. The monoisotopic (exact) mass is 189 g/mol. The molecule has 70 valence electrons. The van der Waals surface area contributed by atoms with Crippen LogP contribution < -0.4 is 0 Å². The highest BCUT2D eigenvalue weighted by Crippen LogP contribution is 2.13. The first-order valence-corrected chi connectivity index (χ1v) is 3.99. The number of benzene rings is 1. The smallest absolute Gasteiger partial charge is 0.359 e. The largest absolute Gasteiger partial charge is 0.464 e. The van der Waals surface area contributed by atoms with E-state index in [-0.39, 0.29) is 5.69 Å². The maximum atomic E-state index is 11.3. The van der Waals surface area contributed by atoms with Crippen molar-refractivity contribution >= 4 is 16.9 Å². The van der Waals surface area contributed by atoms with Crippen LogP contribution in [0.2, 0.25) is 0 Å². The van der Waals surface area contributed by atoms with Gasteiger partial charge in [0.15, 0.2) is 5.69 Å². The first kappa shape index (κ1) is 8.55. The third kappa shape index (κ3) is 1.28. The van der Waals surface area contributed by atoms with Gasteiger partial charge in [0, 0.05) is 5.39 Å². The normalized spacial score (nSPS) is 10.1. The number of methoxy groups -OCH3 is 1. The van der Waals surface area contributed by atoms with Gasteiger partial charge in [-0.1, -0.05) is 18.2 Å². The van der Waals surface area contributed by atoms with Gasteiger partial charge in [-0.15, -0.1) is 10.2 Å². The van der Waals surface area contributed by atoms with E-state index in [0.717, 1.165) is 0 Å². The van der Waals surface area contributed by atoms with Gasteiger partial charge < -0.3 is 4.74 Å². The number of carbonyl (C=O) groups is 1. The molecule has 5 nitrogen and oxygen atoms in total. The Balaban J connectivity index is 2.71. The van der Waals surface area contributed by atoms with E-state index in [1.54, 1.807) is 18.2 Å². The first-order valence-electron chi connectivity index (χ1n) is 3.99. The molecule has 0 radical (unpaired) electrons. The van der Waals surface area contributed by atoms with Gasteiger partial charge in [0.05, 0.1) is 12.6 Å². The molecule has 0 bridgehead atoms. The van der Waals surface area contributed by atoms with Gasteiger partial charge in [0.25, 0.3) is 0 Å². The summed E-state index contributed by atoms with van der Waals surface area (Å²) in [5.74, 6) is -0.504. The average molecular weight is 189 g/mol. The molecule has 0 fully saturated rings. The van der Waals surface area contributed by atoms with Crippen LogP contribution in [0.1, 0.15) is 10.5 Å². The molecule has 14 heavy (non-hydrogen) atoms. The van der Waals surface area contributed by atoms with Crippen molar-refractivity contribution in [1.29, 1.82) is 0 Å². The zero-order valence-corrected chi connectivity index (χ0v) is 7.47. The minimum Gasteiger partial charge on any atom is -0.464 e. The van der Waals surface area contributed by atoms with E-state index in [4.69, 9.17) is 0 Å². The average Bonchev–Trinajstić information content (AvgIpc) is 2.27. The Morgan fingerprint density at radius 2 is 2.07 bits per heavy atom. The molecule has 2 aromatic rings. The lowest BCUT2D eigenvalue weighted by Gasteiger charge is -2.00. The summed E-state index contributed by atoms with van der Waals surface area (Å²) in [6, 6.07) is 7.13. The second-order valence-corrected chi connectivity index (χ2v) is 2.65. The van der Waals surface area contributed by atoms with Gasteiger partial charge >= 0.3 is 5.97 Å². The number of esters is 1. The summed E-state index contributed by atoms with van der Waals surface area (Å²) >= 11 is 0. The fourth-order valence-corrected chi connectivity index (χ4v) is 1.18. The molecule has 1 aromatic carbocycles. The van der Waals surface area contributed by atoms with Crippen LogP contribution in [0.15, 0.2) is 24.3 Å². The van der Waals surface area contributed by atoms with E-state index >= 15 is 0 Å². The van der Waals surface area contributed by atoms with Crippen LogP contribution in [-0.4, -0.2) is 28.5 Å². The third-order valence-electron chi connectivity index (χ3n) is 1.84. The van der Waals surface area contributed by atoms with Crippen LogP contribution >= 0.6 is 0 Å². The fourth-order valence-electron chi connectivity index (χ4n) is 1.18. The van der Waals surface area contributed by atoms with Gasteiger partial charge in [-0.2, -0.15) is 0 Å². The zero-order valence-electron chi connectivity index (χ0n) is 7.47. The molecular weight excluding hydrogens is 182 g/mol. The number of fused-ring (bicyclic) bond motifs is 1. The number of hydrogen-bond acceptors (Lipinski definition) is 5. The molecular formula is C9H7N3O2. The minimum atomic E-state index is -0.504. The number of nitrogens with zero attached hydrogens (tertiary/aromatic N) is 3. The first-order chi connectivity index (χ1) is 6.83. The second-order valence-electron chi connectivity index (χ2n) is 2.65. The van der Waals surface area contributed by atoms with Gasteiger partial charge in [0.1, 0.15) is 0 Å². The molecule has 0 saturated heterocycles. The Morgan fingerprint density at radius 3 is 2.86 bits per heavy atom. The van der Waals surface area contributed by atoms with E-state index in [0.29, 0.717) is 10.9 Å². The second kappa shape index (κ2) is 3.37. The molecule has 5 heteroatoms. The Morgan fingerprint density at radius 1 is 1.29 bits per heavy atom. The van der Waals surface area contributed by atoms with Crippen LogP contribution in [-0.2, 0) is 4.74 Å². The lowest BCUT2D eigenvalue weighted by Crippen LogP contribution is -2.07. The highest BCUT2D eigenvalue weighted by atomic mass is 16.5. The third-order valence-corrected chi connectivity index (χ3v) is 1.84. The van der Waals surface area contributed by atoms with Crippen LogP contribution in [0.25, 0.3) is 10.9 Å². The van der Waals surface area contributed by atoms with E-state index in [9.17, 15) is 4.79 Å². The number of rotatable bonds is 1. The number of aromatic nitrogens is 3. The Kier molecular flexibility index (Phi) is 2.06. The Hall–Kier alpha value is -2.04. The maximum absolute atomic E-state index is 11.3. The molecule has 2 rings (SSSR count). The topological polar surface area (TPSA) is 65.0 Å². The van der Waals surface area contributed by atoms with Crippen molar-refractivity contribution in [3.05, 3.63) is 30.0 Å². The molecule has 0 N–H and O–H groups in total. The van der Waals surface area contributed by atoms with Crippen molar-refractivity contribution in [2.45, 2.75) is 0 Å². The fraction of sp³-hybridized carbons (Fsp3) is 0.111. The summed E-state index contributed by atoms with van der Waals surface area (Å²) < 4.78 is 4.58. The Labute approximate surface area is 79.7 Å². The van der Waals surface area contributed by atoms with Crippen molar-refractivity contribution in [1.82, 2.24) is 15.4 Å². The lowest BCUT2D eigenvalue weighted by atomic mass is 10.2. The number of carbonyl (C=O) groups excluding carboxylic acids is 1. The van der Waals surface area contributed by atoms with Crippen molar-refractivity contribution < 1.29 is 9.53 Å². The SMILES string of the molecule is COC(=O)c1nnnc2ccccc12. The van der Waals surface area contributed by atoms with Crippen LogP contribution in [0, 0.1) is 0 Å². The predicted molar refractivity (Wildman–Crippen MR) is 48.7 cm³/mol. The zero-order chi connectivity index (χ0) is 9.97. The van der Waals surface area contributed by atoms with Crippen molar-refractivity contribution in [3.8, 4) is 0 Å². The molecule has 0 aliphatic carbocycles. The Bertz CT molecular complexity index is 479. The highest BCUT2D eigenvalue weighted by Gasteiger charge is 2.12. The highest BCUT2D eigenvalue weighted by molar-refractivity contribution is 6.00. The summed E-state index contributed by atoms with van der Waals surface area (Å²) in [5, 5.41) is 11.6. The van der Waals surface area contributed by atoms with Crippen molar-refractivity contribution in [2.75, 3.05) is 7.11 Å². The van der Waals surface area contributed by atoms with E-state index < -0.39 is 5.97 Å². The summed E-state index contributed by atoms with van der Waals surface area (Å²) in [6.07, 6.45) is 0. The summed E-state index contributed by atoms with van der Waals surface area (Å²) in [7, 11) is 1.30. The van der Waals surface area contributed by atoms with Gasteiger partial charge in [0.2, 0.25) is 0 Å². The van der Waals surface area contributed by atoms with E-state index in [2.05, 4.69) is 20.1 Å². The molecule has 1 aromatic heterocycles. The number of ether oxygens (including phenoxy) is 1. The lowest BCUT2D eigenvalue weighted by molar-refractivity contribution is 0.0595. The summed E-state index contributed by atoms with van der Waals surface area (Å²) in [5.41, 5.74) is 0.820. The van der Waals surface area contributed by atoms with Gasteiger partial charge in [-0.05, 0) is 11.3 Å². The maximum Gasteiger partial charge on any atom is 0.359 e. The molecule has 0 atom stereocenters. The predicted octanol–water partition coefficient (Wildman–Crippen LogP) is 0.811. The molecule has 0 unspecified atom stereocenters. The van der Waals surface area contributed by atoms with Crippen LogP contribution in [0.4, 0.5) is 0 Å². The van der Waals surface area contributed by atoms with E-state index in [1.807, 2.05) is 6.07 Å². The molecule has 0 aliphatic rings. The summed E-state index contributed by atoms with van der Waals surface area (Å²) in [4.78, 5) is 11.3. The summed E-state index contributed by atoms with van der Waals surface area (Å²) in [6.45, 7) is 0. The van der Waals surface area contributed by atoms with Crippen molar-refractivity contribution in [2.24, 2.45) is 0 Å². The molecule has 0 saturated carbocycles. The van der Waals surface area contributed by atoms with E-state index in [1.165, 1.54) is 7.11 Å². The molecule has 0 spiro atoms. The molecule has 0 amide bonds. The van der Waals surface area contributed by atoms with Crippen molar-refractivity contribution in [3.63, 3.8) is 0 Å². The molecule has 0 aliphatic heterocycles. The van der Waals surface area contributed by atoms with Gasteiger partial charge in [-0.25, -0.2) is 4.79 Å². The minimum absolute atomic E-state index is 0.193. The standard InChI is InChI=1S/C9H7N3O2/c1-14-9(13)8-6-4-2-3-5-7(6)10-12-11-8/h2-5H,1H3. The number of hydrogen-bond donors (Lipinski definition) is 0.